The summed E-state index contributed by atoms with van der Waals surface area (Å²) in [5.74, 6) is 2.02. The van der Waals surface area contributed by atoms with Crippen LogP contribution in [0.3, 0.4) is 0 Å². The Morgan fingerprint density at radius 3 is 2.45 bits per heavy atom. The lowest BCUT2D eigenvalue weighted by Gasteiger charge is -2.51. The van der Waals surface area contributed by atoms with Crippen molar-refractivity contribution in [2.24, 2.45) is 11.8 Å². The first-order chi connectivity index (χ1) is 5.33. The molecular weight excluding hydrogens is 134 g/mol. The summed E-state index contributed by atoms with van der Waals surface area (Å²) in [4.78, 5) is 0. The van der Waals surface area contributed by atoms with Crippen molar-refractivity contribution in [3.63, 3.8) is 0 Å². The van der Waals surface area contributed by atoms with Gasteiger partial charge in [-0.05, 0) is 31.6 Å². The second-order valence-electron chi connectivity index (χ2n) is 4.24. The second kappa shape index (κ2) is 2.78. The van der Waals surface area contributed by atoms with Crippen molar-refractivity contribution in [3.05, 3.63) is 0 Å². The van der Waals surface area contributed by atoms with Gasteiger partial charge < -0.3 is 5.32 Å². The molecule has 64 valence electrons. The predicted octanol–water partition coefficient (Wildman–Crippen LogP) is 2.17. The van der Waals surface area contributed by atoms with Crippen molar-refractivity contribution in [2.75, 3.05) is 0 Å². The van der Waals surface area contributed by atoms with Crippen molar-refractivity contribution >= 4 is 0 Å². The molecule has 1 aliphatic heterocycles. The third kappa shape index (κ3) is 1.10. The molecule has 11 heavy (non-hydrogen) atoms. The second-order valence-corrected chi connectivity index (χ2v) is 4.24. The van der Waals surface area contributed by atoms with Gasteiger partial charge in [0.05, 0.1) is 0 Å². The maximum absolute atomic E-state index is 3.65. The summed E-state index contributed by atoms with van der Waals surface area (Å²) < 4.78 is 0. The third-order valence-corrected chi connectivity index (χ3v) is 3.69. The van der Waals surface area contributed by atoms with Crippen molar-refractivity contribution in [3.8, 4) is 0 Å². The highest BCUT2D eigenvalue weighted by Gasteiger charge is 2.42. The molecule has 2 rings (SSSR count). The van der Waals surface area contributed by atoms with E-state index in [1.807, 2.05) is 0 Å². The molecule has 3 unspecified atom stereocenters. The lowest BCUT2D eigenvalue weighted by atomic mass is 9.68. The van der Waals surface area contributed by atoms with Crippen LogP contribution in [0.1, 0.15) is 39.5 Å². The fraction of sp³-hybridized carbons (Fsp3) is 1.00. The van der Waals surface area contributed by atoms with Gasteiger partial charge in [-0.1, -0.05) is 19.8 Å². The minimum atomic E-state index is 0.797. The molecule has 0 bridgehead atoms. The molecular formula is C10H19N. The van der Waals surface area contributed by atoms with E-state index in [2.05, 4.69) is 19.2 Å². The molecule has 0 aromatic rings. The monoisotopic (exact) mass is 153 g/mol. The highest BCUT2D eigenvalue weighted by atomic mass is 15.1. The molecule has 1 saturated heterocycles. The average Bonchev–Trinajstić information content (AvgIpc) is 1.83. The molecule has 0 amide bonds. The Hall–Kier alpha value is -0.0400. The molecule has 0 aromatic carbocycles. The molecule has 2 fully saturated rings. The zero-order chi connectivity index (χ0) is 7.84. The summed E-state index contributed by atoms with van der Waals surface area (Å²) in [5, 5.41) is 3.65. The SMILES string of the molecule is CCC1C(C)NC1C1CCC1. The van der Waals surface area contributed by atoms with Crippen LogP contribution in [-0.2, 0) is 0 Å². The van der Waals surface area contributed by atoms with E-state index in [1.54, 1.807) is 0 Å². The van der Waals surface area contributed by atoms with Crippen molar-refractivity contribution in [1.82, 2.24) is 5.32 Å². The van der Waals surface area contributed by atoms with E-state index in [0.717, 1.165) is 23.9 Å². The largest absolute Gasteiger partial charge is 0.311 e. The van der Waals surface area contributed by atoms with E-state index in [9.17, 15) is 0 Å². The molecule has 1 heteroatoms. The van der Waals surface area contributed by atoms with Crippen LogP contribution in [0.15, 0.2) is 0 Å². The lowest BCUT2D eigenvalue weighted by molar-refractivity contribution is 0.0590. The van der Waals surface area contributed by atoms with Gasteiger partial charge >= 0.3 is 0 Å². The Morgan fingerprint density at radius 1 is 1.36 bits per heavy atom. The van der Waals surface area contributed by atoms with E-state index in [4.69, 9.17) is 0 Å². The van der Waals surface area contributed by atoms with Gasteiger partial charge in [-0.25, -0.2) is 0 Å². The van der Waals surface area contributed by atoms with Crippen LogP contribution in [0.2, 0.25) is 0 Å². The normalized spacial score (nSPS) is 44.7. The molecule has 0 aromatic heterocycles. The smallest absolute Gasteiger partial charge is 0.0141 e. The van der Waals surface area contributed by atoms with E-state index in [0.29, 0.717) is 0 Å². The van der Waals surface area contributed by atoms with E-state index in [1.165, 1.54) is 25.7 Å². The molecule has 1 heterocycles. The van der Waals surface area contributed by atoms with Crippen LogP contribution in [0, 0.1) is 11.8 Å². The van der Waals surface area contributed by atoms with Gasteiger partial charge in [0.1, 0.15) is 0 Å². The Labute approximate surface area is 69.6 Å². The number of hydrogen-bond donors (Lipinski definition) is 1. The maximum Gasteiger partial charge on any atom is 0.0141 e. The standard InChI is InChI=1S/C10H19N/c1-3-9-7(2)11-10(9)8-5-4-6-8/h7-11H,3-6H2,1-2H3. The molecule has 1 saturated carbocycles. The van der Waals surface area contributed by atoms with E-state index >= 15 is 0 Å². The first-order valence-electron chi connectivity index (χ1n) is 5.09. The molecule has 3 atom stereocenters. The minimum Gasteiger partial charge on any atom is -0.311 e. The first kappa shape index (κ1) is 7.60. The summed E-state index contributed by atoms with van der Waals surface area (Å²) in [7, 11) is 0. The summed E-state index contributed by atoms with van der Waals surface area (Å²) in [6.07, 6.45) is 5.82. The highest BCUT2D eigenvalue weighted by Crippen LogP contribution is 2.39. The first-order valence-corrected chi connectivity index (χ1v) is 5.09. The van der Waals surface area contributed by atoms with Gasteiger partial charge in [-0.15, -0.1) is 0 Å². The van der Waals surface area contributed by atoms with Gasteiger partial charge in [0, 0.05) is 12.1 Å². The third-order valence-electron chi connectivity index (χ3n) is 3.69. The molecule has 1 aliphatic carbocycles. The van der Waals surface area contributed by atoms with Gasteiger partial charge in [-0.2, -0.15) is 0 Å². The Kier molecular flexibility index (Phi) is 1.92. The van der Waals surface area contributed by atoms with E-state index in [-0.39, 0.29) is 0 Å². The average molecular weight is 153 g/mol. The van der Waals surface area contributed by atoms with E-state index < -0.39 is 0 Å². The summed E-state index contributed by atoms with van der Waals surface area (Å²) >= 11 is 0. The molecule has 0 spiro atoms. The van der Waals surface area contributed by atoms with Crippen LogP contribution in [0.25, 0.3) is 0 Å². The fourth-order valence-corrected chi connectivity index (χ4v) is 2.64. The summed E-state index contributed by atoms with van der Waals surface area (Å²) in [5.41, 5.74) is 0. The summed E-state index contributed by atoms with van der Waals surface area (Å²) in [6.45, 7) is 4.65. The topological polar surface area (TPSA) is 12.0 Å². The van der Waals surface area contributed by atoms with Crippen LogP contribution in [-0.4, -0.2) is 12.1 Å². The van der Waals surface area contributed by atoms with Crippen molar-refractivity contribution in [1.29, 1.82) is 0 Å². The molecule has 0 radical (unpaired) electrons. The number of rotatable bonds is 2. The minimum absolute atomic E-state index is 0.797. The quantitative estimate of drug-likeness (QED) is 0.641. The zero-order valence-electron chi connectivity index (χ0n) is 7.64. The zero-order valence-corrected chi connectivity index (χ0v) is 7.64. The Balaban J connectivity index is 1.86. The van der Waals surface area contributed by atoms with Crippen LogP contribution in [0.4, 0.5) is 0 Å². The molecule has 2 aliphatic rings. The summed E-state index contributed by atoms with van der Waals surface area (Å²) in [6, 6.07) is 1.69. The number of nitrogens with one attached hydrogen (secondary N) is 1. The van der Waals surface area contributed by atoms with Crippen molar-refractivity contribution < 1.29 is 0 Å². The molecule has 1 N–H and O–H groups in total. The Bertz CT molecular complexity index is 140. The number of hydrogen-bond acceptors (Lipinski definition) is 1. The highest BCUT2D eigenvalue weighted by molar-refractivity contribution is 4.99. The van der Waals surface area contributed by atoms with Gasteiger partial charge in [0.15, 0.2) is 0 Å². The van der Waals surface area contributed by atoms with Crippen molar-refractivity contribution in [2.45, 2.75) is 51.6 Å². The van der Waals surface area contributed by atoms with Gasteiger partial charge in [-0.3, -0.25) is 0 Å². The van der Waals surface area contributed by atoms with Crippen LogP contribution < -0.4 is 5.32 Å². The van der Waals surface area contributed by atoms with Crippen LogP contribution in [0.5, 0.6) is 0 Å². The maximum atomic E-state index is 3.65. The Morgan fingerprint density at radius 2 is 2.09 bits per heavy atom. The van der Waals surface area contributed by atoms with Gasteiger partial charge in [0.2, 0.25) is 0 Å². The van der Waals surface area contributed by atoms with Gasteiger partial charge in [0.25, 0.3) is 0 Å². The lowest BCUT2D eigenvalue weighted by Crippen LogP contribution is -2.63. The fourth-order valence-electron chi connectivity index (χ4n) is 2.64. The van der Waals surface area contributed by atoms with Crippen LogP contribution >= 0.6 is 0 Å². The predicted molar refractivity (Wildman–Crippen MR) is 47.5 cm³/mol. The molecule has 1 nitrogen and oxygen atoms in total.